The molecule has 1 aliphatic heterocycles. The lowest BCUT2D eigenvalue weighted by Crippen LogP contribution is -2.38. The largest absolute Gasteiger partial charge is 0.466 e. The number of nitrogens with one attached hydrogen (secondary N) is 1. The number of likely N-dealkylation sites (tertiary alicyclic amines) is 1. The van der Waals surface area contributed by atoms with Gasteiger partial charge in [-0.1, -0.05) is 6.92 Å². The van der Waals surface area contributed by atoms with Crippen molar-refractivity contribution in [3.8, 4) is 0 Å². The Bertz CT molecular complexity index is 209. The molecule has 1 saturated heterocycles. The van der Waals surface area contributed by atoms with Gasteiger partial charge in [-0.3, -0.25) is 9.69 Å². The van der Waals surface area contributed by atoms with Crippen molar-refractivity contribution < 1.29 is 9.53 Å². The lowest BCUT2D eigenvalue weighted by Gasteiger charge is -2.22. The summed E-state index contributed by atoms with van der Waals surface area (Å²) in [4.78, 5) is 13.6. The van der Waals surface area contributed by atoms with Crippen molar-refractivity contribution in [3.63, 3.8) is 0 Å². The molecule has 94 valence electrons. The monoisotopic (exact) mass is 228 g/mol. The molecule has 1 aliphatic rings. The first-order valence-corrected chi connectivity index (χ1v) is 6.38. The molecule has 1 rings (SSSR count). The quantitative estimate of drug-likeness (QED) is 0.522. The number of likely N-dealkylation sites (N-methyl/N-ethyl adjacent to an activating group) is 1. The summed E-state index contributed by atoms with van der Waals surface area (Å²) in [5, 5.41) is 3.34. The van der Waals surface area contributed by atoms with Crippen molar-refractivity contribution in [3.05, 3.63) is 0 Å². The zero-order valence-electron chi connectivity index (χ0n) is 10.5. The Morgan fingerprint density at radius 2 is 2.31 bits per heavy atom. The third kappa shape index (κ3) is 4.49. The molecule has 4 heteroatoms. The van der Waals surface area contributed by atoms with Gasteiger partial charge in [0.1, 0.15) is 0 Å². The Morgan fingerprint density at radius 1 is 1.50 bits per heavy atom. The summed E-state index contributed by atoms with van der Waals surface area (Å²) in [6.45, 7) is 8.59. The zero-order valence-corrected chi connectivity index (χ0v) is 10.5. The van der Waals surface area contributed by atoms with Gasteiger partial charge < -0.3 is 10.1 Å². The van der Waals surface area contributed by atoms with Crippen LogP contribution in [0.4, 0.5) is 0 Å². The van der Waals surface area contributed by atoms with Gasteiger partial charge in [-0.05, 0) is 32.9 Å². The number of carbonyl (C=O) groups is 1. The summed E-state index contributed by atoms with van der Waals surface area (Å²) in [6.07, 6.45) is 3.06. The molecule has 0 aromatic carbocycles. The maximum Gasteiger partial charge on any atom is 0.307 e. The molecule has 0 spiro atoms. The Balaban J connectivity index is 2.04. The van der Waals surface area contributed by atoms with Crippen LogP contribution in [0.5, 0.6) is 0 Å². The van der Waals surface area contributed by atoms with Gasteiger partial charge in [-0.2, -0.15) is 0 Å². The molecule has 0 aromatic rings. The fourth-order valence-electron chi connectivity index (χ4n) is 2.23. The highest BCUT2D eigenvalue weighted by molar-refractivity contribution is 5.69. The standard InChI is InChI=1S/C12H24N2O2/c1-3-14-9-5-6-11(14)10-13-8-7-12(15)16-4-2/h11,13H,3-10H2,1-2H3. The topological polar surface area (TPSA) is 41.6 Å². The summed E-state index contributed by atoms with van der Waals surface area (Å²) in [5.41, 5.74) is 0. The highest BCUT2D eigenvalue weighted by atomic mass is 16.5. The Labute approximate surface area is 98.3 Å². The molecule has 1 fully saturated rings. The lowest BCUT2D eigenvalue weighted by atomic mass is 10.2. The van der Waals surface area contributed by atoms with Gasteiger partial charge in [0, 0.05) is 19.1 Å². The normalized spacial score (nSPS) is 21.2. The second-order valence-electron chi connectivity index (χ2n) is 4.18. The number of nitrogens with zero attached hydrogens (tertiary/aromatic N) is 1. The van der Waals surface area contributed by atoms with E-state index in [4.69, 9.17) is 4.74 Å². The summed E-state index contributed by atoms with van der Waals surface area (Å²) >= 11 is 0. The Morgan fingerprint density at radius 3 is 3.00 bits per heavy atom. The Hall–Kier alpha value is -0.610. The SMILES string of the molecule is CCOC(=O)CCNCC1CCCN1CC. The van der Waals surface area contributed by atoms with Crippen LogP contribution in [0.3, 0.4) is 0 Å². The third-order valence-electron chi connectivity index (χ3n) is 3.10. The minimum absolute atomic E-state index is 0.103. The van der Waals surface area contributed by atoms with Crippen LogP contribution in [0.2, 0.25) is 0 Å². The van der Waals surface area contributed by atoms with E-state index in [9.17, 15) is 4.79 Å². The van der Waals surface area contributed by atoms with Crippen LogP contribution < -0.4 is 5.32 Å². The van der Waals surface area contributed by atoms with E-state index in [2.05, 4.69) is 17.1 Å². The molecule has 1 heterocycles. The van der Waals surface area contributed by atoms with Crippen molar-refractivity contribution in [2.24, 2.45) is 0 Å². The van der Waals surface area contributed by atoms with Crippen LogP contribution in [0, 0.1) is 0 Å². The molecule has 0 radical (unpaired) electrons. The number of carbonyl (C=O) groups excluding carboxylic acids is 1. The molecule has 0 aliphatic carbocycles. The first kappa shape index (κ1) is 13.5. The van der Waals surface area contributed by atoms with Crippen LogP contribution >= 0.6 is 0 Å². The average molecular weight is 228 g/mol. The fraction of sp³-hybridized carbons (Fsp3) is 0.917. The first-order chi connectivity index (χ1) is 7.77. The number of hydrogen-bond acceptors (Lipinski definition) is 4. The van der Waals surface area contributed by atoms with Gasteiger partial charge in [0.15, 0.2) is 0 Å². The van der Waals surface area contributed by atoms with Crippen molar-refractivity contribution in [1.29, 1.82) is 0 Å². The molecule has 0 bridgehead atoms. The van der Waals surface area contributed by atoms with Crippen LogP contribution in [0.25, 0.3) is 0 Å². The zero-order chi connectivity index (χ0) is 11.8. The van der Waals surface area contributed by atoms with Gasteiger partial charge in [0.2, 0.25) is 0 Å². The van der Waals surface area contributed by atoms with Gasteiger partial charge in [0.25, 0.3) is 0 Å². The number of rotatable bonds is 7. The van der Waals surface area contributed by atoms with Crippen molar-refractivity contribution in [1.82, 2.24) is 10.2 Å². The van der Waals surface area contributed by atoms with Gasteiger partial charge in [-0.25, -0.2) is 0 Å². The van der Waals surface area contributed by atoms with E-state index in [1.807, 2.05) is 6.92 Å². The summed E-state index contributed by atoms with van der Waals surface area (Å²) in [6, 6.07) is 0.659. The Kier molecular flexibility index (Phi) is 6.42. The molecule has 0 amide bonds. The van der Waals surface area contributed by atoms with Gasteiger partial charge in [0.05, 0.1) is 13.0 Å². The van der Waals surface area contributed by atoms with E-state index < -0.39 is 0 Å². The summed E-state index contributed by atoms with van der Waals surface area (Å²) in [5.74, 6) is -0.103. The van der Waals surface area contributed by atoms with Gasteiger partial charge in [-0.15, -0.1) is 0 Å². The van der Waals surface area contributed by atoms with Crippen LogP contribution in [-0.2, 0) is 9.53 Å². The van der Waals surface area contributed by atoms with E-state index in [0.717, 1.165) is 19.6 Å². The average Bonchev–Trinajstić information content (AvgIpc) is 2.72. The van der Waals surface area contributed by atoms with E-state index in [1.165, 1.54) is 19.4 Å². The predicted octanol–water partition coefficient (Wildman–Crippen LogP) is 1.01. The molecule has 1 atom stereocenters. The number of ether oxygens (including phenoxy) is 1. The van der Waals surface area contributed by atoms with Crippen molar-refractivity contribution >= 4 is 5.97 Å². The number of hydrogen-bond donors (Lipinski definition) is 1. The van der Waals surface area contributed by atoms with Crippen LogP contribution in [-0.4, -0.2) is 49.7 Å². The second kappa shape index (κ2) is 7.63. The lowest BCUT2D eigenvalue weighted by molar-refractivity contribution is -0.142. The highest BCUT2D eigenvalue weighted by Crippen LogP contribution is 2.15. The summed E-state index contributed by atoms with van der Waals surface area (Å²) in [7, 11) is 0. The molecule has 0 aromatic heterocycles. The van der Waals surface area contributed by atoms with Crippen molar-refractivity contribution in [2.45, 2.75) is 39.2 Å². The minimum atomic E-state index is -0.103. The molecular formula is C12H24N2O2. The smallest absolute Gasteiger partial charge is 0.307 e. The van der Waals surface area contributed by atoms with Crippen molar-refractivity contribution in [2.75, 3.05) is 32.8 Å². The van der Waals surface area contributed by atoms with Gasteiger partial charge >= 0.3 is 5.97 Å². The molecule has 1 unspecified atom stereocenters. The highest BCUT2D eigenvalue weighted by Gasteiger charge is 2.21. The maximum atomic E-state index is 11.1. The third-order valence-corrected chi connectivity index (χ3v) is 3.10. The number of esters is 1. The molecule has 1 N–H and O–H groups in total. The molecular weight excluding hydrogens is 204 g/mol. The molecule has 16 heavy (non-hydrogen) atoms. The fourth-order valence-corrected chi connectivity index (χ4v) is 2.23. The maximum absolute atomic E-state index is 11.1. The van der Waals surface area contributed by atoms with E-state index in [1.54, 1.807) is 0 Å². The minimum Gasteiger partial charge on any atom is -0.466 e. The van der Waals surface area contributed by atoms with E-state index >= 15 is 0 Å². The van der Waals surface area contributed by atoms with E-state index in [0.29, 0.717) is 19.1 Å². The molecule has 0 saturated carbocycles. The first-order valence-electron chi connectivity index (χ1n) is 6.38. The van der Waals surface area contributed by atoms with E-state index in [-0.39, 0.29) is 5.97 Å². The molecule has 4 nitrogen and oxygen atoms in total. The second-order valence-corrected chi connectivity index (χ2v) is 4.18. The van der Waals surface area contributed by atoms with Crippen LogP contribution in [0.15, 0.2) is 0 Å². The van der Waals surface area contributed by atoms with Crippen LogP contribution in [0.1, 0.15) is 33.1 Å². The predicted molar refractivity (Wildman–Crippen MR) is 64.4 cm³/mol. The summed E-state index contributed by atoms with van der Waals surface area (Å²) < 4.78 is 4.87.